The zero-order chi connectivity index (χ0) is 13.9. The Morgan fingerprint density at radius 2 is 2.30 bits per heavy atom. The molecule has 0 spiro atoms. The van der Waals surface area contributed by atoms with Crippen LogP contribution in [-0.2, 0) is 6.42 Å². The van der Waals surface area contributed by atoms with Crippen LogP contribution >= 0.6 is 11.3 Å². The van der Waals surface area contributed by atoms with E-state index >= 15 is 0 Å². The Hall–Kier alpha value is -0.450. The monoisotopic (exact) mass is 293 g/mol. The van der Waals surface area contributed by atoms with Gasteiger partial charge >= 0.3 is 0 Å². The smallest absolute Gasteiger partial charge is 0.109 e. The highest BCUT2D eigenvalue weighted by atomic mass is 32.1. The molecular weight excluding hydrogens is 266 g/mol. The van der Waals surface area contributed by atoms with Crippen LogP contribution in [0.3, 0.4) is 0 Å². The van der Waals surface area contributed by atoms with Crippen molar-refractivity contribution in [2.24, 2.45) is 5.92 Å². The molecule has 1 saturated carbocycles. The van der Waals surface area contributed by atoms with Gasteiger partial charge in [-0.15, -0.1) is 11.3 Å². The molecule has 4 heteroatoms. The van der Waals surface area contributed by atoms with Gasteiger partial charge in [-0.3, -0.25) is 0 Å². The van der Waals surface area contributed by atoms with E-state index in [9.17, 15) is 0 Å². The van der Waals surface area contributed by atoms with Crippen LogP contribution in [0.2, 0.25) is 0 Å². The molecule has 0 bridgehead atoms. The van der Waals surface area contributed by atoms with E-state index in [0.29, 0.717) is 12.1 Å². The zero-order valence-corrected chi connectivity index (χ0v) is 13.5. The summed E-state index contributed by atoms with van der Waals surface area (Å²) < 4.78 is 0. The van der Waals surface area contributed by atoms with E-state index < -0.39 is 0 Å². The summed E-state index contributed by atoms with van der Waals surface area (Å²) in [6.45, 7) is 5.69. The third-order valence-electron chi connectivity index (χ3n) is 4.94. The molecule has 1 aliphatic heterocycles. The number of aromatic nitrogens is 1. The second-order valence-electron chi connectivity index (χ2n) is 6.31. The largest absolute Gasteiger partial charge is 0.314 e. The Morgan fingerprint density at radius 3 is 3.00 bits per heavy atom. The van der Waals surface area contributed by atoms with Crippen molar-refractivity contribution in [3.63, 3.8) is 0 Å². The van der Waals surface area contributed by atoms with E-state index in [1.54, 1.807) is 0 Å². The third-order valence-corrected chi connectivity index (χ3v) is 6.26. The van der Waals surface area contributed by atoms with Gasteiger partial charge in [0.1, 0.15) is 5.01 Å². The average Bonchev–Trinajstić information content (AvgIpc) is 3.19. The lowest BCUT2D eigenvalue weighted by atomic mass is 9.93. The molecule has 3 nitrogen and oxygen atoms in total. The molecule has 0 amide bonds. The SMILES string of the molecule is CCc1cnc(C(C)NC2CCCC2C2CCCN2)s1. The second-order valence-corrected chi connectivity index (χ2v) is 7.46. The number of rotatable bonds is 5. The van der Waals surface area contributed by atoms with E-state index in [2.05, 4.69) is 29.5 Å². The predicted molar refractivity (Wildman–Crippen MR) is 85.2 cm³/mol. The molecule has 1 aliphatic carbocycles. The van der Waals surface area contributed by atoms with Gasteiger partial charge in [-0.05, 0) is 51.5 Å². The highest BCUT2D eigenvalue weighted by Gasteiger charge is 2.35. The van der Waals surface area contributed by atoms with E-state index in [0.717, 1.165) is 18.4 Å². The topological polar surface area (TPSA) is 37.0 Å². The van der Waals surface area contributed by atoms with Crippen molar-refractivity contribution in [3.8, 4) is 0 Å². The highest BCUT2D eigenvalue weighted by molar-refractivity contribution is 7.11. The van der Waals surface area contributed by atoms with Gasteiger partial charge in [0.2, 0.25) is 0 Å². The fraction of sp³-hybridized carbons (Fsp3) is 0.812. The van der Waals surface area contributed by atoms with Gasteiger partial charge < -0.3 is 10.6 Å². The van der Waals surface area contributed by atoms with Crippen molar-refractivity contribution < 1.29 is 0 Å². The molecule has 1 saturated heterocycles. The van der Waals surface area contributed by atoms with Crippen molar-refractivity contribution in [3.05, 3.63) is 16.1 Å². The lowest BCUT2D eigenvalue weighted by Gasteiger charge is -2.28. The summed E-state index contributed by atoms with van der Waals surface area (Å²) in [4.78, 5) is 5.99. The fourth-order valence-corrected chi connectivity index (χ4v) is 4.70. The number of hydrogen-bond acceptors (Lipinski definition) is 4. The first kappa shape index (κ1) is 14.5. The minimum atomic E-state index is 0.396. The summed E-state index contributed by atoms with van der Waals surface area (Å²) in [5.74, 6) is 0.825. The molecule has 0 radical (unpaired) electrons. The van der Waals surface area contributed by atoms with Crippen molar-refractivity contribution in [2.75, 3.05) is 6.54 Å². The average molecular weight is 293 g/mol. The van der Waals surface area contributed by atoms with Crippen LogP contribution in [0.25, 0.3) is 0 Å². The zero-order valence-electron chi connectivity index (χ0n) is 12.7. The predicted octanol–water partition coefficient (Wildman–Crippen LogP) is 3.28. The first-order valence-electron chi connectivity index (χ1n) is 8.22. The lowest BCUT2D eigenvalue weighted by Crippen LogP contribution is -2.42. The molecule has 2 heterocycles. The number of aryl methyl sites for hydroxylation is 1. The molecule has 4 unspecified atom stereocenters. The van der Waals surface area contributed by atoms with Crippen LogP contribution in [0.1, 0.15) is 61.9 Å². The maximum atomic E-state index is 4.59. The Kier molecular flexibility index (Phi) is 4.74. The van der Waals surface area contributed by atoms with Crippen LogP contribution in [0.4, 0.5) is 0 Å². The van der Waals surface area contributed by atoms with Crippen molar-refractivity contribution in [2.45, 2.75) is 70.5 Å². The molecule has 2 N–H and O–H groups in total. The van der Waals surface area contributed by atoms with Gasteiger partial charge in [-0.25, -0.2) is 4.98 Å². The van der Waals surface area contributed by atoms with Crippen LogP contribution in [-0.4, -0.2) is 23.6 Å². The van der Waals surface area contributed by atoms with Gasteiger partial charge in [-0.1, -0.05) is 13.3 Å². The highest BCUT2D eigenvalue weighted by Crippen LogP contribution is 2.33. The number of thiazole rings is 1. The number of nitrogens with zero attached hydrogens (tertiary/aromatic N) is 1. The Labute approximate surface area is 126 Å². The molecule has 112 valence electrons. The second kappa shape index (κ2) is 6.54. The Balaban J connectivity index is 1.60. The van der Waals surface area contributed by atoms with Crippen LogP contribution in [0.5, 0.6) is 0 Å². The number of nitrogens with one attached hydrogen (secondary N) is 2. The first-order chi connectivity index (χ1) is 9.78. The molecule has 1 aromatic heterocycles. The molecular formula is C16H27N3S. The van der Waals surface area contributed by atoms with Crippen molar-refractivity contribution in [1.29, 1.82) is 0 Å². The minimum absolute atomic E-state index is 0.396. The van der Waals surface area contributed by atoms with Crippen LogP contribution in [0.15, 0.2) is 6.20 Å². The lowest BCUT2D eigenvalue weighted by molar-refractivity contribution is 0.303. The number of hydrogen-bond donors (Lipinski definition) is 2. The van der Waals surface area contributed by atoms with Crippen molar-refractivity contribution >= 4 is 11.3 Å². The van der Waals surface area contributed by atoms with Gasteiger partial charge in [0.25, 0.3) is 0 Å². The summed E-state index contributed by atoms with van der Waals surface area (Å²) in [6.07, 6.45) is 9.97. The summed E-state index contributed by atoms with van der Waals surface area (Å²) in [7, 11) is 0. The fourth-order valence-electron chi connectivity index (χ4n) is 3.83. The van der Waals surface area contributed by atoms with E-state index in [-0.39, 0.29) is 0 Å². The standard InChI is InChI=1S/C16H27N3S/c1-3-12-10-18-16(20-12)11(2)19-15-7-4-6-13(15)14-8-5-9-17-14/h10-11,13-15,17,19H,3-9H2,1-2H3. The summed E-state index contributed by atoms with van der Waals surface area (Å²) >= 11 is 1.87. The van der Waals surface area contributed by atoms with Gasteiger partial charge in [0, 0.05) is 23.2 Å². The maximum absolute atomic E-state index is 4.59. The van der Waals surface area contributed by atoms with Crippen LogP contribution in [0, 0.1) is 5.92 Å². The third kappa shape index (κ3) is 3.07. The first-order valence-corrected chi connectivity index (χ1v) is 9.03. The molecule has 2 aliphatic rings. The molecule has 1 aromatic rings. The molecule has 20 heavy (non-hydrogen) atoms. The maximum Gasteiger partial charge on any atom is 0.109 e. The molecule has 4 atom stereocenters. The van der Waals surface area contributed by atoms with Gasteiger partial charge in [0.05, 0.1) is 6.04 Å². The normalized spacial score (nSPS) is 31.8. The van der Waals surface area contributed by atoms with Crippen LogP contribution < -0.4 is 10.6 Å². The molecule has 0 aromatic carbocycles. The van der Waals surface area contributed by atoms with E-state index in [1.165, 1.54) is 48.5 Å². The minimum Gasteiger partial charge on any atom is -0.314 e. The summed E-state index contributed by atoms with van der Waals surface area (Å²) in [5.41, 5.74) is 0. The Bertz CT molecular complexity index is 425. The molecule has 3 rings (SSSR count). The Morgan fingerprint density at radius 1 is 1.40 bits per heavy atom. The van der Waals surface area contributed by atoms with Gasteiger partial charge in [0.15, 0.2) is 0 Å². The quantitative estimate of drug-likeness (QED) is 0.875. The summed E-state index contributed by atoms with van der Waals surface area (Å²) in [5, 5.41) is 8.83. The van der Waals surface area contributed by atoms with E-state index in [1.807, 2.05) is 17.5 Å². The van der Waals surface area contributed by atoms with Crippen molar-refractivity contribution in [1.82, 2.24) is 15.6 Å². The summed E-state index contributed by atoms with van der Waals surface area (Å²) in [6, 6.07) is 1.83. The molecule has 2 fully saturated rings. The van der Waals surface area contributed by atoms with Gasteiger partial charge in [-0.2, -0.15) is 0 Å². The van der Waals surface area contributed by atoms with E-state index in [4.69, 9.17) is 0 Å².